The van der Waals surface area contributed by atoms with Crippen LogP contribution in [0.25, 0.3) is 0 Å². The van der Waals surface area contributed by atoms with Gasteiger partial charge in [0, 0.05) is 37.9 Å². The molecule has 124 valence electrons. The van der Waals surface area contributed by atoms with E-state index in [2.05, 4.69) is 10.4 Å². The first-order chi connectivity index (χ1) is 11.1. The lowest BCUT2D eigenvalue weighted by Crippen LogP contribution is -2.30. The summed E-state index contributed by atoms with van der Waals surface area (Å²) in [6, 6.07) is 1.44. The SMILES string of the molecule is Cn1cc([C@@H]2OCC[C@H]2CNC(=O)c2ccsc2C(F)F)cn1. The van der Waals surface area contributed by atoms with Crippen LogP contribution in [0.15, 0.2) is 23.8 Å². The molecule has 1 aliphatic rings. The second kappa shape index (κ2) is 6.76. The van der Waals surface area contributed by atoms with Crippen molar-refractivity contribution in [2.75, 3.05) is 13.2 Å². The van der Waals surface area contributed by atoms with Crippen molar-refractivity contribution in [3.63, 3.8) is 0 Å². The van der Waals surface area contributed by atoms with Crippen LogP contribution in [-0.2, 0) is 11.8 Å². The first kappa shape index (κ1) is 16.1. The molecular weight excluding hydrogens is 324 g/mol. The summed E-state index contributed by atoms with van der Waals surface area (Å²) in [5.74, 6) is -0.352. The van der Waals surface area contributed by atoms with Crippen LogP contribution in [0.5, 0.6) is 0 Å². The summed E-state index contributed by atoms with van der Waals surface area (Å²) in [4.78, 5) is 12.0. The van der Waals surface area contributed by atoms with E-state index in [4.69, 9.17) is 4.74 Å². The van der Waals surface area contributed by atoms with Crippen LogP contribution in [0.4, 0.5) is 8.78 Å². The van der Waals surface area contributed by atoms with Crippen LogP contribution in [0.1, 0.15) is 39.7 Å². The van der Waals surface area contributed by atoms with Crippen LogP contribution in [0.3, 0.4) is 0 Å². The van der Waals surface area contributed by atoms with Gasteiger partial charge in [-0.25, -0.2) is 8.78 Å². The van der Waals surface area contributed by atoms with Gasteiger partial charge in [0.05, 0.1) is 22.7 Å². The number of ether oxygens (including phenoxy) is 1. The van der Waals surface area contributed by atoms with Crippen LogP contribution in [-0.4, -0.2) is 28.8 Å². The van der Waals surface area contributed by atoms with Gasteiger partial charge in [-0.1, -0.05) is 0 Å². The maximum absolute atomic E-state index is 12.8. The minimum absolute atomic E-state index is 0.0573. The van der Waals surface area contributed by atoms with Crippen molar-refractivity contribution in [1.82, 2.24) is 15.1 Å². The van der Waals surface area contributed by atoms with Gasteiger partial charge in [-0.2, -0.15) is 5.10 Å². The van der Waals surface area contributed by atoms with E-state index >= 15 is 0 Å². The highest BCUT2D eigenvalue weighted by Crippen LogP contribution is 2.34. The molecule has 5 nitrogen and oxygen atoms in total. The molecule has 2 atom stereocenters. The number of alkyl halides is 2. The summed E-state index contributed by atoms with van der Waals surface area (Å²) >= 11 is 0.898. The Labute approximate surface area is 136 Å². The van der Waals surface area contributed by atoms with Gasteiger partial charge in [0.25, 0.3) is 12.3 Å². The normalized spacial score (nSPS) is 21.0. The van der Waals surface area contributed by atoms with Crippen LogP contribution in [0.2, 0.25) is 0 Å². The molecule has 0 bridgehead atoms. The monoisotopic (exact) mass is 341 g/mol. The molecule has 1 fully saturated rings. The van der Waals surface area contributed by atoms with E-state index in [-0.39, 0.29) is 22.5 Å². The van der Waals surface area contributed by atoms with Crippen LogP contribution in [0, 0.1) is 5.92 Å². The Kier molecular flexibility index (Phi) is 4.72. The zero-order valence-electron chi connectivity index (χ0n) is 12.5. The van der Waals surface area contributed by atoms with Gasteiger partial charge >= 0.3 is 0 Å². The Bertz CT molecular complexity index is 686. The van der Waals surface area contributed by atoms with Gasteiger partial charge in [0.1, 0.15) is 0 Å². The molecule has 0 radical (unpaired) electrons. The lowest BCUT2D eigenvalue weighted by atomic mass is 9.97. The molecule has 2 aromatic heterocycles. The lowest BCUT2D eigenvalue weighted by Gasteiger charge is -2.17. The lowest BCUT2D eigenvalue weighted by molar-refractivity contribution is 0.0841. The second-order valence-electron chi connectivity index (χ2n) is 5.50. The van der Waals surface area contributed by atoms with Gasteiger partial charge in [0.2, 0.25) is 0 Å². The highest BCUT2D eigenvalue weighted by atomic mass is 32.1. The largest absolute Gasteiger partial charge is 0.373 e. The van der Waals surface area contributed by atoms with Gasteiger partial charge in [-0.15, -0.1) is 11.3 Å². The summed E-state index contributed by atoms with van der Waals surface area (Å²) in [6.07, 6.45) is 1.69. The van der Waals surface area contributed by atoms with Gasteiger partial charge in [0.15, 0.2) is 0 Å². The van der Waals surface area contributed by atoms with Gasteiger partial charge in [-0.3, -0.25) is 9.48 Å². The van der Waals surface area contributed by atoms with Gasteiger partial charge < -0.3 is 10.1 Å². The summed E-state index contributed by atoms with van der Waals surface area (Å²) in [7, 11) is 1.83. The van der Waals surface area contributed by atoms with E-state index in [1.807, 2.05) is 13.2 Å². The Balaban J connectivity index is 1.63. The molecule has 0 spiro atoms. The molecule has 1 aliphatic heterocycles. The molecule has 1 saturated heterocycles. The molecule has 0 saturated carbocycles. The van der Waals surface area contributed by atoms with E-state index < -0.39 is 12.3 Å². The summed E-state index contributed by atoms with van der Waals surface area (Å²) in [5.41, 5.74) is 1.02. The Morgan fingerprint density at radius 1 is 1.61 bits per heavy atom. The smallest absolute Gasteiger partial charge is 0.273 e. The van der Waals surface area contributed by atoms with E-state index in [9.17, 15) is 13.6 Å². The third kappa shape index (κ3) is 3.42. The third-order valence-electron chi connectivity index (χ3n) is 3.93. The molecule has 3 rings (SSSR count). The molecule has 23 heavy (non-hydrogen) atoms. The molecule has 0 aromatic carbocycles. The number of halogens is 2. The topological polar surface area (TPSA) is 56.1 Å². The van der Waals surface area contributed by atoms with Crippen molar-refractivity contribution in [2.24, 2.45) is 13.0 Å². The summed E-state index contributed by atoms with van der Waals surface area (Å²) in [6.45, 7) is 0.998. The fourth-order valence-corrected chi connectivity index (χ4v) is 3.54. The van der Waals surface area contributed by atoms with Crippen molar-refractivity contribution in [2.45, 2.75) is 19.0 Å². The van der Waals surface area contributed by atoms with Crippen LogP contribution >= 0.6 is 11.3 Å². The quantitative estimate of drug-likeness (QED) is 0.910. The number of aryl methyl sites for hydroxylation is 1. The molecule has 1 amide bonds. The number of aromatic nitrogens is 2. The molecule has 8 heteroatoms. The number of nitrogens with one attached hydrogen (secondary N) is 1. The van der Waals surface area contributed by atoms with Crippen LogP contribution < -0.4 is 5.32 Å². The third-order valence-corrected chi connectivity index (χ3v) is 4.85. The number of thiophene rings is 1. The van der Waals surface area contributed by atoms with Crippen molar-refractivity contribution in [3.8, 4) is 0 Å². The van der Waals surface area contributed by atoms with E-state index in [0.717, 1.165) is 23.3 Å². The number of nitrogens with zero attached hydrogens (tertiary/aromatic N) is 2. The Morgan fingerprint density at radius 2 is 2.43 bits per heavy atom. The number of hydrogen-bond donors (Lipinski definition) is 1. The van der Waals surface area contributed by atoms with E-state index in [1.54, 1.807) is 10.9 Å². The maximum Gasteiger partial charge on any atom is 0.273 e. The molecular formula is C15H17F2N3O2S. The average molecular weight is 341 g/mol. The summed E-state index contributed by atoms with van der Waals surface area (Å²) < 4.78 is 33.1. The zero-order chi connectivity index (χ0) is 16.4. The molecule has 0 unspecified atom stereocenters. The first-order valence-electron chi connectivity index (χ1n) is 7.30. The predicted octanol–water partition coefficient (Wildman–Crippen LogP) is 2.93. The average Bonchev–Trinajstić information content (AvgIpc) is 3.24. The second-order valence-corrected chi connectivity index (χ2v) is 6.44. The van der Waals surface area contributed by atoms with Crippen molar-refractivity contribution >= 4 is 17.2 Å². The summed E-state index contributed by atoms with van der Waals surface area (Å²) in [5, 5.41) is 8.39. The van der Waals surface area contributed by atoms with E-state index in [0.29, 0.717) is 13.2 Å². The number of hydrogen-bond acceptors (Lipinski definition) is 4. The number of carbonyl (C=O) groups is 1. The van der Waals surface area contributed by atoms with Crippen molar-refractivity contribution < 1.29 is 18.3 Å². The first-order valence-corrected chi connectivity index (χ1v) is 8.18. The van der Waals surface area contributed by atoms with Gasteiger partial charge in [-0.05, 0) is 17.9 Å². The molecule has 0 aliphatic carbocycles. The number of rotatable bonds is 5. The number of amides is 1. The number of carbonyl (C=O) groups excluding carboxylic acids is 1. The molecule has 1 N–H and O–H groups in total. The standard InChI is InChI=1S/C15H17F2N3O2S/c1-20-8-10(7-19-20)12-9(2-4-22-12)6-18-15(21)11-3-5-23-13(11)14(16)17/h3,5,7-9,12,14H,2,4,6H2,1H3,(H,18,21)/t9-,12+/m0/s1. The minimum Gasteiger partial charge on any atom is -0.373 e. The fourth-order valence-electron chi connectivity index (χ4n) is 2.79. The predicted molar refractivity (Wildman–Crippen MR) is 81.6 cm³/mol. The minimum atomic E-state index is -2.63. The fraction of sp³-hybridized carbons (Fsp3) is 0.467. The highest BCUT2D eigenvalue weighted by molar-refractivity contribution is 7.10. The van der Waals surface area contributed by atoms with Crippen molar-refractivity contribution in [1.29, 1.82) is 0 Å². The molecule has 3 heterocycles. The zero-order valence-corrected chi connectivity index (χ0v) is 13.4. The maximum atomic E-state index is 12.8. The highest BCUT2D eigenvalue weighted by Gasteiger charge is 2.31. The Hall–Kier alpha value is -1.80. The Morgan fingerprint density at radius 3 is 3.13 bits per heavy atom. The van der Waals surface area contributed by atoms with Crippen molar-refractivity contribution in [3.05, 3.63) is 39.8 Å². The van der Waals surface area contributed by atoms with E-state index in [1.165, 1.54) is 11.4 Å². The molecule has 2 aromatic rings.